The van der Waals surface area contributed by atoms with Crippen molar-refractivity contribution in [2.24, 2.45) is 11.0 Å². The summed E-state index contributed by atoms with van der Waals surface area (Å²) in [4.78, 5) is 26.3. The molecule has 0 radical (unpaired) electrons. The number of halogens is 1. The highest BCUT2D eigenvalue weighted by atomic mass is 19.1. The SMILES string of the molecule is CC(C)C(=O)N(C)CC(=O)N1N=C(c2ccc(F)cc2)CC1c1ccco1. The van der Waals surface area contributed by atoms with Crippen molar-refractivity contribution >= 4 is 17.5 Å². The molecule has 2 heterocycles. The van der Waals surface area contributed by atoms with Crippen molar-refractivity contribution in [3.05, 3.63) is 59.8 Å². The predicted octanol–water partition coefficient (Wildman–Crippen LogP) is 3.21. The summed E-state index contributed by atoms with van der Waals surface area (Å²) >= 11 is 0. The van der Waals surface area contributed by atoms with Crippen LogP contribution in [0, 0.1) is 11.7 Å². The van der Waals surface area contributed by atoms with E-state index in [1.165, 1.54) is 22.0 Å². The molecule has 7 heteroatoms. The van der Waals surface area contributed by atoms with Gasteiger partial charge in [0.25, 0.3) is 5.91 Å². The smallest absolute Gasteiger partial charge is 0.262 e. The van der Waals surface area contributed by atoms with Crippen molar-refractivity contribution in [1.82, 2.24) is 9.91 Å². The molecule has 2 aromatic rings. The molecule has 0 aliphatic carbocycles. The molecule has 0 saturated heterocycles. The molecule has 1 aromatic carbocycles. The molecule has 0 N–H and O–H groups in total. The number of benzene rings is 1. The molecule has 0 saturated carbocycles. The fourth-order valence-corrected chi connectivity index (χ4v) is 3.05. The van der Waals surface area contributed by atoms with E-state index in [1.807, 2.05) is 0 Å². The number of furan rings is 1. The first-order valence-corrected chi connectivity index (χ1v) is 8.80. The quantitative estimate of drug-likeness (QED) is 0.811. The van der Waals surface area contributed by atoms with Gasteiger partial charge in [0.15, 0.2) is 0 Å². The number of hydrazone groups is 1. The Hall–Kier alpha value is -2.96. The van der Waals surface area contributed by atoms with Crippen LogP contribution in [0.15, 0.2) is 52.2 Å². The zero-order valence-corrected chi connectivity index (χ0v) is 15.6. The van der Waals surface area contributed by atoms with Crippen LogP contribution < -0.4 is 0 Å². The Bertz CT molecular complexity index is 844. The Morgan fingerprint density at radius 3 is 2.59 bits per heavy atom. The molecule has 1 unspecified atom stereocenters. The van der Waals surface area contributed by atoms with E-state index in [0.29, 0.717) is 17.9 Å². The predicted molar refractivity (Wildman–Crippen MR) is 98.3 cm³/mol. The summed E-state index contributed by atoms with van der Waals surface area (Å²) in [6.45, 7) is 3.50. The highest BCUT2D eigenvalue weighted by Crippen LogP contribution is 2.33. The minimum Gasteiger partial charge on any atom is -0.467 e. The summed E-state index contributed by atoms with van der Waals surface area (Å²) in [6, 6.07) is 9.14. The summed E-state index contributed by atoms with van der Waals surface area (Å²) < 4.78 is 18.7. The largest absolute Gasteiger partial charge is 0.467 e. The van der Waals surface area contributed by atoms with Crippen LogP contribution in [-0.4, -0.2) is 41.0 Å². The third kappa shape index (κ3) is 4.07. The van der Waals surface area contributed by atoms with E-state index in [1.54, 1.807) is 51.4 Å². The maximum absolute atomic E-state index is 13.2. The van der Waals surface area contributed by atoms with Gasteiger partial charge in [-0.2, -0.15) is 5.10 Å². The normalized spacial score (nSPS) is 16.6. The number of nitrogens with zero attached hydrogens (tertiary/aromatic N) is 3. The Labute approximate surface area is 157 Å². The second kappa shape index (κ2) is 7.73. The van der Waals surface area contributed by atoms with E-state index in [0.717, 1.165) is 5.56 Å². The number of rotatable bonds is 5. The van der Waals surface area contributed by atoms with E-state index in [4.69, 9.17) is 4.42 Å². The Balaban J connectivity index is 1.85. The first-order chi connectivity index (χ1) is 12.9. The minimum atomic E-state index is -0.393. The van der Waals surface area contributed by atoms with E-state index in [-0.39, 0.29) is 30.1 Å². The first kappa shape index (κ1) is 18.8. The van der Waals surface area contributed by atoms with Crippen molar-refractivity contribution in [3.8, 4) is 0 Å². The van der Waals surface area contributed by atoms with Gasteiger partial charge >= 0.3 is 0 Å². The van der Waals surface area contributed by atoms with Crippen LogP contribution >= 0.6 is 0 Å². The topological polar surface area (TPSA) is 66.1 Å². The fraction of sp³-hybridized carbons (Fsp3) is 0.350. The van der Waals surface area contributed by atoms with Crippen molar-refractivity contribution < 1.29 is 18.4 Å². The summed E-state index contributed by atoms with van der Waals surface area (Å²) in [5.41, 5.74) is 1.41. The summed E-state index contributed by atoms with van der Waals surface area (Å²) in [5, 5.41) is 5.83. The Morgan fingerprint density at radius 2 is 2.00 bits per heavy atom. The van der Waals surface area contributed by atoms with Crippen LogP contribution in [0.25, 0.3) is 0 Å². The number of carbonyl (C=O) groups is 2. The van der Waals surface area contributed by atoms with Crippen molar-refractivity contribution in [1.29, 1.82) is 0 Å². The van der Waals surface area contributed by atoms with Gasteiger partial charge in [0.2, 0.25) is 5.91 Å². The molecule has 0 spiro atoms. The van der Waals surface area contributed by atoms with Gasteiger partial charge in [-0.25, -0.2) is 9.40 Å². The monoisotopic (exact) mass is 371 g/mol. The van der Waals surface area contributed by atoms with Crippen LogP contribution in [0.5, 0.6) is 0 Å². The number of carbonyl (C=O) groups excluding carboxylic acids is 2. The average molecular weight is 371 g/mol. The number of amides is 2. The zero-order chi connectivity index (χ0) is 19.6. The lowest BCUT2D eigenvalue weighted by Crippen LogP contribution is -2.40. The second-order valence-electron chi connectivity index (χ2n) is 6.88. The van der Waals surface area contributed by atoms with Crippen LogP contribution in [0.4, 0.5) is 4.39 Å². The zero-order valence-electron chi connectivity index (χ0n) is 15.6. The highest BCUT2D eigenvalue weighted by Gasteiger charge is 2.35. The van der Waals surface area contributed by atoms with Crippen LogP contribution in [0.1, 0.15) is 37.6 Å². The lowest BCUT2D eigenvalue weighted by Gasteiger charge is -2.24. The van der Waals surface area contributed by atoms with Gasteiger partial charge in [-0.3, -0.25) is 9.59 Å². The van der Waals surface area contributed by atoms with Crippen LogP contribution in [0.3, 0.4) is 0 Å². The van der Waals surface area contributed by atoms with Gasteiger partial charge in [0.05, 0.1) is 12.0 Å². The highest BCUT2D eigenvalue weighted by molar-refractivity contribution is 6.03. The van der Waals surface area contributed by atoms with Crippen LogP contribution in [-0.2, 0) is 9.59 Å². The van der Waals surface area contributed by atoms with Crippen LogP contribution in [0.2, 0.25) is 0 Å². The van der Waals surface area contributed by atoms with Gasteiger partial charge in [-0.15, -0.1) is 0 Å². The molecule has 1 atom stereocenters. The second-order valence-corrected chi connectivity index (χ2v) is 6.88. The molecule has 1 aliphatic heterocycles. The van der Waals surface area contributed by atoms with E-state index in [9.17, 15) is 14.0 Å². The van der Waals surface area contributed by atoms with Gasteiger partial charge in [-0.1, -0.05) is 26.0 Å². The number of hydrogen-bond acceptors (Lipinski definition) is 4. The molecule has 0 fully saturated rings. The maximum Gasteiger partial charge on any atom is 0.262 e. The Morgan fingerprint density at radius 1 is 1.30 bits per heavy atom. The molecule has 27 heavy (non-hydrogen) atoms. The molecule has 1 aliphatic rings. The molecular weight excluding hydrogens is 349 g/mol. The Kier molecular flexibility index (Phi) is 5.39. The third-order valence-electron chi connectivity index (χ3n) is 4.46. The van der Waals surface area contributed by atoms with E-state index >= 15 is 0 Å². The molecular formula is C20H22FN3O3. The third-order valence-corrected chi connectivity index (χ3v) is 4.46. The lowest BCUT2D eigenvalue weighted by molar-refractivity contribution is -0.142. The molecule has 142 valence electrons. The summed E-state index contributed by atoms with van der Waals surface area (Å²) in [5.74, 6) is -0.325. The molecule has 1 aromatic heterocycles. The van der Waals surface area contributed by atoms with Gasteiger partial charge < -0.3 is 9.32 Å². The minimum absolute atomic E-state index is 0.0750. The molecule has 0 bridgehead atoms. The summed E-state index contributed by atoms with van der Waals surface area (Å²) in [6.07, 6.45) is 2.00. The van der Waals surface area contributed by atoms with Gasteiger partial charge in [0.1, 0.15) is 24.2 Å². The molecule has 6 nitrogen and oxygen atoms in total. The van der Waals surface area contributed by atoms with Crippen molar-refractivity contribution in [3.63, 3.8) is 0 Å². The lowest BCUT2D eigenvalue weighted by atomic mass is 10.0. The number of hydrogen-bond donors (Lipinski definition) is 0. The summed E-state index contributed by atoms with van der Waals surface area (Å²) in [7, 11) is 1.60. The van der Waals surface area contributed by atoms with E-state index < -0.39 is 6.04 Å². The van der Waals surface area contributed by atoms with Crippen molar-refractivity contribution in [2.45, 2.75) is 26.3 Å². The average Bonchev–Trinajstić information content (AvgIpc) is 3.30. The first-order valence-electron chi connectivity index (χ1n) is 8.80. The maximum atomic E-state index is 13.2. The number of likely N-dealkylation sites (N-methyl/N-ethyl adjacent to an activating group) is 1. The molecule has 3 rings (SSSR count). The van der Waals surface area contributed by atoms with Crippen molar-refractivity contribution in [2.75, 3.05) is 13.6 Å². The molecule has 2 amide bonds. The van der Waals surface area contributed by atoms with Gasteiger partial charge in [0, 0.05) is 19.4 Å². The van der Waals surface area contributed by atoms with Gasteiger partial charge in [-0.05, 0) is 29.8 Å². The van der Waals surface area contributed by atoms with E-state index in [2.05, 4.69) is 5.10 Å². The standard InChI is InChI=1S/C20H22FN3O3/c1-13(2)20(26)23(3)12-19(25)24-17(18-5-4-10-27-18)11-16(22-24)14-6-8-15(21)9-7-14/h4-10,13,17H,11-12H2,1-3H3. The fourth-order valence-electron chi connectivity index (χ4n) is 3.05.